The van der Waals surface area contributed by atoms with Gasteiger partial charge in [0.15, 0.2) is 15.6 Å². The van der Waals surface area contributed by atoms with E-state index in [1.165, 1.54) is 18.3 Å². The van der Waals surface area contributed by atoms with E-state index in [9.17, 15) is 13.2 Å². The maximum absolute atomic E-state index is 11.6. The Morgan fingerprint density at radius 1 is 1.60 bits per heavy atom. The predicted octanol–water partition coefficient (Wildman–Crippen LogP) is 0.996. The number of ketones is 1. The highest BCUT2D eigenvalue weighted by Gasteiger charge is 2.24. The van der Waals surface area contributed by atoms with Crippen molar-refractivity contribution in [3.8, 4) is 0 Å². The third kappa shape index (κ3) is 3.39. The van der Waals surface area contributed by atoms with Gasteiger partial charge in [-0.25, -0.2) is 13.4 Å². The molecule has 1 atom stereocenters. The van der Waals surface area contributed by atoms with E-state index in [0.29, 0.717) is 5.01 Å². The van der Waals surface area contributed by atoms with E-state index < -0.39 is 15.1 Å². The maximum atomic E-state index is 11.6. The average molecular weight is 247 g/mol. The minimum Gasteiger partial charge on any atom is -0.298 e. The number of nitrogens with zero attached hydrogens (tertiary/aromatic N) is 1. The summed E-state index contributed by atoms with van der Waals surface area (Å²) < 4.78 is 22.3. The summed E-state index contributed by atoms with van der Waals surface area (Å²) in [7, 11) is -3.29. The molecule has 0 fully saturated rings. The molecule has 6 heteroatoms. The number of carbonyl (C=O) groups excluding carboxylic acids is 1. The van der Waals surface area contributed by atoms with Crippen LogP contribution in [0.1, 0.15) is 17.6 Å². The van der Waals surface area contributed by atoms with Crippen LogP contribution in [-0.4, -0.2) is 30.7 Å². The summed E-state index contributed by atoms with van der Waals surface area (Å²) in [4.78, 5) is 15.7. The van der Waals surface area contributed by atoms with Gasteiger partial charge >= 0.3 is 0 Å². The Labute approximate surface area is 93.3 Å². The zero-order chi connectivity index (χ0) is 11.6. The monoisotopic (exact) mass is 247 g/mol. The smallest absolute Gasteiger partial charge is 0.157 e. The van der Waals surface area contributed by atoms with Gasteiger partial charge in [-0.15, -0.1) is 11.3 Å². The second-order valence-electron chi connectivity index (χ2n) is 3.50. The van der Waals surface area contributed by atoms with Crippen molar-refractivity contribution in [1.82, 2.24) is 4.98 Å². The zero-order valence-corrected chi connectivity index (χ0v) is 10.5. The van der Waals surface area contributed by atoms with Gasteiger partial charge in [0.1, 0.15) is 10.3 Å². The van der Waals surface area contributed by atoms with Gasteiger partial charge in [0.05, 0.1) is 6.42 Å². The topological polar surface area (TPSA) is 64.1 Å². The zero-order valence-electron chi connectivity index (χ0n) is 8.85. The SMILES string of the molecule is Cc1csc(CC(=O)C(C)S(C)(=O)=O)n1. The van der Waals surface area contributed by atoms with Crippen LogP contribution in [0.2, 0.25) is 0 Å². The fraction of sp³-hybridized carbons (Fsp3) is 0.556. The maximum Gasteiger partial charge on any atom is 0.157 e. The van der Waals surface area contributed by atoms with E-state index in [-0.39, 0.29) is 12.2 Å². The van der Waals surface area contributed by atoms with Gasteiger partial charge in [-0.1, -0.05) is 0 Å². The Morgan fingerprint density at radius 3 is 2.60 bits per heavy atom. The molecular weight excluding hydrogens is 234 g/mol. The van der Waals surface area contributed by atoms with Crippen LogP contribution in [-0.2, 0) is 21.1 Å². The molecule has 0 N–H and O–H groups in total. The third-order valence-electron chi connectivity index (χ3n) is 2.09. The largest absolute Gasteiger partial charge is 0.298 e. The third-order valence-corrected chi connectivity index (χ3v) is 4.60. The van der Waals surface area contributed by atoms with Gasteiger partial charge < -0.3 is 0 Å². The van der Waals surface area contributed by atoms with Crippen molar-refractivity contribution in [2.24, 2.45) is 0 Å². The molecule has 1 aromatic heterocycles. The molecule has 0 amide bonds. The molecule has 15 heavy (non-hydrogen) atoms. The normalized spacial score (nSPS) is 13.8. The Hall–Kier alpha value is -0.750. The highest BCUT2D eigenvalue weighted by Crippen LogP contribution is 2.12. The van der Waals surface area contributed by atoms with Crippen molar-refractivity contribution in [1.29, 1.82) is 0 Å². The minimum absolute atomic E-state index is 0.104. The van der Waals surface area contributed by atoms with Crippen molar-refractivity contribution in [3.63, 3.8) is 0 Å². The van der Waals surface area contributed by atoms with Crippen LogP contribution in [0, 0.1) is 6.92 Å². The van der Waals surface area contributed by atoms with Crippen LogP contribution in [0.5, 0.6) is 0 Å². The van der Waals surface area contributed by atoms with Gasteiger partial charge in [0.25, 0.3) is 0 Å². The lowest BCUT2D eigenvalue weighted by molar-refractivity contribution is -0.117. The first-order chi connectivity index (χ1) is 6.80. The highest BCUT2D eigenvalue weighted by molar-refractivity contribution is 7.92. The number of hydrogen-bond donors (Lipinski definition) is 0. The molecule has 4 nitrogen and oxygen atoms in total. The first-order valence-electron chi connectivity index (χ1n) is 4.43. The predicted molar refractivity (Wildman–Crippen MR) is 59.9 cm³/mol. The van der Waals surface area contributed by atoms with E-state index >= 15 is 0 Å². The Balaban J connectivity index is 2.72. The molecule has 0 aliphatic carbocycles. The summed E-state index contributed by atoms with van der Waals surface area (Å²) in [5.74, 6) is -0.299. The second-order valence-corrected chi connectivity index (χ2v) is 6.81. The molecule has 0 saturated heterocycles. The molecule has 1 rings (SSSR count). The van der Waals surface area contributed by atoms with Crippen LogP contribution < -0.4 is 0 Å². The molecule has 0 aliphatic heterocycles. The molecular formula is C9H13NO3S2. The number of aryl methyl sites for hydroxylation is 1. The fourth-order valence-corrected chi connectivity index (χ4v) is 2.36. The van der Waals surface area contributed by atoms with Gasteiger partial charge in [0, 0.05) is 17.3 Å². The molecule has 1 aromatic rings. The minimum atomic E-state index is -3.29. The molecule has 0 aliphatic rings. The van der Waals surface area contributed by atoms with Gasteiger partial charge in [-0.2, -0.15) is 0 Å². The van der Waals surface area contributed by atoms with E-state index in [2.05, 4.69) is 4.98 Å². The highest BCUT2D eigenvalue weighted by atomic mass is 32.2. The van der Waals surface area contributed by atoms with Crippen LogP contribution in [0.4, 0.5) is 0 Å². The van der Waals surface area contributed by atoms with Gasteiger partial charge in [0.2, 0.25) is 0 Å². The number of thiazole rings is 1. The number of rotatable bonds is 4. The molecule has 0 saturated carbocycles. The summed E-state index contributed by atoms with van der Waals surface area (Å²) in [5, 5.41) is 1.57. The quantitative estimate of drug-likeness (QED) is 0.796. The summed E-state index contributed by atoms with van der Waals surface area (Å²) in [5.41, 5.74) is 0.856. The first kappa shape index (κ1) is 12.3. The molecule has 0 aromatic carbocycles. The van der Waals surface area contributed by atoms with Crippen molar-refractivity contribution in [2.45, 2.75) is 25.5 Å². The van der Waals surface area contributed by atoms with Crippen molar-refractivity contribution in [2.75, 3.05) is 6.26 Å². The van der Waals surface area contributed by atoms with E-state index in [1.54, 1.807) is 0 Å². The lowest BCUT2D eigenvalue weighted by atomic mass is 10.2. The summed E-state index contributed by atoms with van der Waals surface area (Å²) in [6, 6.07) is 0. The van der Waals surface area contributed by atoms with Crippen LogP contribution >= 0.6 is 11.3 Å². The second kappa shape index (κ2) is 4.40. The molecule has 84 valence electrons. The fourth-order valence-electron chi connectivity index (χ4n) is 1.02. The molecule has 0 radical (unpaired) electrons. The summed E-state index contributed by atoms with van der Waals surface area (Å²) in [6.45, 7) is 3.25. The average Bonchev–Trinajstić information content (AvgIpc) is 2.48. The number of Topliss-reactive ketones (excluding diaryl/α,β-unsaturated/α-hetero) is 1. The van der Waals surface area contributed by atoms with E-state index in [0.717, 1.165) is 11.9 Å². The first-order valence-corrected chi connectivity index (χ1v) is 7.26. The molecule has 1 unspecified atom stereocenters. The van der Waals surface area contributed by atoms with Gasteiger partial charge in [-0.05, 0) is 13.8 Å². The summed E-state index contributed by atoms with van der Waals surface area (Å²) >= 11 is 1.38. The lowest BCUT2D eigenvalue weighted by Gasteiger charge is -2.06. The van der Waals surface area contributed by atoms with Crippen molar-refractivity contribution >= 4 is 27.0 Å². The van der Waals surface area contributed by atoms with Crippen LogP contribution in [0.3, 0.4) is 0 Å². The van der Waals surface area contributed by atoms with Crippen LogP contribution in [0.15, 0.2) is 5.38 Å². The van der Waals surface area contributed by atoms with Crippen molar-refractivity contribution < 1.29 is 13.2 Å². The van der Waals surface area contributed by atoms with Crippen LogP contribution in [0.25, 0.3) is 0 Å². The molecule has 0 bridgehead atoms. The standard InChI is InChI=1S/C9H13NO3S2/c1-6-5-14-9(10-6)4-8(11)7(2)15(3,12)13/h5,7H,4H2,1-3H3. The lowest BCUT2D eigenvalue weighted by Crippen LogP contribution is -2.27. The Kier molecular flexibility index (Phi) is 3.62. The Morgan fingerprint density at radius 2 is 2.20 bits per heavy atom. The number of hydrogen-bond acceptors (Lipinski definition) is 5. The van der Waals surface area contributed by atoms with Crippen molar-refractivity contribution in [3.05, 3.63) is 16.1 Å². The van der Waals surface area contributed by atoms with E-state index in [4.69, 9.17) is 0 Å². The molecule has 0 spiro atoms. The number of aromatic nitrogens is 1. The molecule has 1 heterocycles. The number of carbonyl (C=O) groups is 1. The Bertz CT molecular complexity index is 461. The van der Waals surface area contributed by atoms with Gasteiger partial charge in [-0.3, -0.25) is 4.79 Å². The van der Waals surface area contributed by atoms with E-state index in [1.807, 2.05) is 12.3 Å². The summed E-state index contributed by atoms with van der Waals surface area (Å²) in [6.07, 6.45) is 1.18. The number of sulfone groups is 1.